The van der Waals surface area contributed by atoms with E-state index in [-0.39, 0.29) is 6.03 Å². The van der Waals surface area contributed by atoms with Crippen LogP contribution in [0.15, 0.2) is 0 Å². The zero-order chi connectivity index (χ0) is 11.5. The van der Waals surface area contributed by atoms with Crippen LogP contribution in [0, 0.1) is 0 Å². The number of nitrogens with zero attached hydrogens (tertiary/aromatic N) is 1. The summed E-state index contributed by atoms with van der Waals surface area (Å²) in [6, 6.07) is -0.0108. The first kappa shape index (κ1) is 14.2. The molecule has 1 fully saturated rings. The SMILES string of the molecule is CCCCC.CNC(=O)N1CCOCC1. The maximum atomic E-state index is 10.9. The second kappa shape index (κ2) is 9.77. The lowest BCUT2D eigenvalue weighted by molar-refractivity contribution is 0.0537. The van der Waals surface area contributed by atoms with E-state index in [4.69, 9.17) is 4.74 Å². The Morgan fingerprint density at radius 1 is 1.27 bits per heavy atom. The highest BCUT2D eigenvalue weighted by atomic mass is 16.5. The summed E-state index contributed by atoms with van der Waals surface area (Å²) in [6.07, 6.45) is 4.08. The van der Waals surface area contributed by atoms with Crippen LogP contribution >= 0.6 is 0 Å². The average molecular weight is 216 g/mol. The van der Waals surface area contributed by atoms with Crippen molar-refractivity contribution < 1.29 is 9.53 Å². The molecule has 1 rings (SSSR count). The van der Waals surface area contributed by atoms with Crippen LogP contribution in [0.25, 0.3) is 0 Å². The molecule has 2 amide bonds. The predicted molar refractivity (Wildman–Crippen MR) is 62.0 cm³/mol. The van der Waals surface area contributed by atoms with Gasteiger partial charge in [-0.3, -0.25) is 0 Å². The molecule has 0 bridgehead atoms. The van der Waals surface area contributed by atoms with Crippen molar-refractivity contribution in [2.75, 3.05) is 33.4 Å². The third kappa shape index (κ3) is 7.19. The minimum atomic E-state index is -0.0108. The van der Waals surface area contributed by atoms with E-state index in [1.165, 1.54) is 19.3 Å². The molecule has 0 spiro atoms. The summed E-state index contributed by atoms with van der Waals surface area (Å²) in [4.78, 5) is 12.7. The third-order valence-electron chi connectivity index (χ3n) is 2.22. The standard InChI is InChI=1S/C6H12N2O2.C5H12/c1-7-6(9)8-2-4-10-5-3-8;1-3-5-4-2/h2-5H2,1H3,(H,7,9);3-5H2,1-2H3. The van der Waals surface area contributed by atoms with Gasteiger partial charge >= 0.3 is 6.03 Å². The van der Waals surface area contributed by atoms with Crippen LogP contribution in [-0.4, -0.2) is 44.3 Å². The summed E-state index contributed by atoms with van der Waals surface area (Å²) in [7, 11) is 1.64. The Bertz CT molecular complexity index is 155. The molecule has 1 aliphatic heterocycles. The van der Waals surface area contributed by atoms with Gasteiger partial charge in [0.05, 0.1) is 13.2 Å². The number of hydrogen-bond acceptors (Lipinski definition) is 2. The van der Waals surface area contributed by atoms with Crippen molar-refractivity contribution in [2.24, 2.45) is 0 Å². The van der Waals surface area contributed by atoms with Crippen LogP contribution in [0.2, 0.25) is 0 Å². The number of unbranched alkanes of at least 4 members (excludes halogenated alkanes) is 2. The molecule has 0 aromatic heterocycles. The molecule has 4 nitrogen and oxygen atoms in total. The summed E-state index contributed by atoms with van der Waals surface area (Å²) >= 11 is 0. The fourth-order valence-corrected chi connectivity index (χ4v) is 1.28. The highest BCUT2D eigenvalue weighted by molar-refractivity contribution is 5.73. The molecule has 0 atom stereocenters. The Morgan fingerprint density at radius 3 is 2.13 bits per heavy atom. The summed E-state index contributed by atoms with van der Waals surface area (Å²) in [5, 5.41) is 2.57. The lowest BCUT2D eigenvalue weighted by atomic mass is 10.3. The van der Waals surface area contributed by atoms with E-state index in [0.29, 0.717) is 26.3 Å². The summed E-state index contributed by atoms with van der Waals surface area (Å²) in [6.45, 7) is 7.16. The van der Waals surface area contributed by atoms with Crippen molar-refractivity contribution in [1.82, 2.24) is 10.2 Å². The molecule has 15 heavy (non-hydrogen) atoms. The van der Waals surface area contributed by atoms with Crippen LogP contribution in [0.1, 0.15) is 33.1 Å². The number of nitrogens with one attached hydrogen (secondary N) is 1. The van der Waals surface area contributed by atoms with Gasteiger partial charge < -0.3 is 15.0 Å². The van der Waals surface area contributed by atoms with E-state index in [1.807, 2.05) is 0 Å². The van der Waals surface area contributed by atoms with Crippen molar-refractivity contribution in [3.63, 3.8) is 0 Å². The lowest BCUT2D eigenvalue weighted by Gasteiger charge is -2.26. The van der Waals surface area contributed by atoms with Crippen LogP contribution in [0.4, 0.5) is 4.79 Å². The zero-order valence-corrected chi connectivity index (χ0v) is 10.2. The van der Waals surface area contributed by atoms with Gasteiger partial charge in [-0.25, -0.2) is 4.79 Å². The van der Waals surface area contributed by atoms with Gasteiger partial charge in [-0.05, 0) is 0 Å². The Balaban J connectivity index is 0.000000336. The van der Waals surface area contributed by atoms with E-state index >= 15 is 0 Å². The Hall–Kier alpha value is -0.770. The van der Waals surface area contributed by atoms with Crippen molar-refractivity contribution in [1.29, 1.82) is 0 Å². The molecule has 90 valence electrons. The van der Waals surface area contributed by atoms with Crippen LogP contribution in [0.5, 0.6) is 0 Å². The maximum Gasteiger partial charge on any atom is 0.317 e. The largest absolute Gasteiger partial charge is 0.378 e. The number of ether oxygens (including phenoxy) is 1. The summed E-state index contributed by atoms with van der Waals surface area (Å²) < 4.78 is 5.07. The quantitative estimate of drug-likeness (QED) is 0.765. The molecule has 1 saturated heterocycles. The molecule has 0 aromatic rings. The van der Waals surface area contributed by atoms with E-state index in [1.54, 1.807) is 11.9 Å². The maximum absolute atomic E-state index is 10.9. The Labute approximate surface area is 93.0 Å². The molecule has 1 heterocycles. The first-order chi connectivity index (χ1) is 7.26. The number of rotatable bonds is 2. The van der Waals surface area contributed by atoms with Gasteiger partial charge in [-0.1, -0.05) is 33.1 Å². The molecule has 1 N–H and O–H groups in total. The second-order valence-electron chi connectivity index (χ2n) is 3.51. The molecule has 1 aliphatic rings. The molecule has 0 saturated carbocycles. The van der Waals surface area contributed by atoms with Crippen molar-refractivity contribution >= 4 is 6.03 Å². The number of amides is 2. The lowest BCUT2D eigenvalue weighted by Crippen LogP contribution is -2.44. The Kier molecular flexibility index (Phi) is 9.27. The van der Waals surface area contributed by atoms with E-state index in [2.05, 4.69) is 19.2 Å². The molecular formula is C11H24N2O2. The van der Waals surface area contributed by atoms with E-state index < -0.39 is 0 Å². The average Bonchev–Trinajstić information content (AvgIpc) is 2.31. The van der Waals surface area contributed by atoms with Crippen LogP contribution < -0.4 is 5.32 Å². The topological polar surface area (TPSA) is 41.6 Å². The zero-order valence-electron chi connectivity index (χ0n) is 10.2. The molecule has 0 unspecified atom stereocenters. The number of carbonyl (C=O) groups is 1. The minimum Gasteiger partial charge on any atom is -0.378 e. The number of morpholine rings is 1. The van der Waals surface area contributed by atoms with Gasteiger partial charge in [0.2, 0.25) is 0 Å². The number of hydrogen-bond donors (Lipinski definition) is 1. The molecule has 0 aliphatic carbocycles. The number of carbonyl (C=O) groups excluding carboxylic acids is 1. The molecule has 4 heteroatoms. The van der Waals surface area contributed by atoms with Crippen molar-refractivity contribution in [2.45, 2.75) is 33.1 Å². The van der Waals surface area contributed by atoms with Gasteiger partial charge in [-0.15, -0.1) is 0 Å². The van der Waals surface area contributed by atoms with Crippen LogP contribution in [-0.2, 0) is 4.74 Å². The number of urea groups is 1. The van der Waals surface area contributed by atoms with Gasteiger partial charge in [0.1, 0.15) is 0 Å². The molecule has 0 aromatic carbocycles. The van der Waals surface area contributed by atoms with Gasteiger partial charge in [0, 0.05) is 20.1 Å². The summed E-state index contributed by atoms with van der Waals surface area (Å²) in [5.41, 5.74) is 0. The Morgan fingerprint density at radius 2 is 1.80 bits per heavy atom. The predicted octanol–water partition coefficient (Wildman–Crippen LogP) is 1.85. The van der Waals surface area contributed by atoms with Gasteiger partial charge in [0.25, 0.3) is 0 Å². The first-order valence-corrected chi connectivity index (χ1v) is 5.80. The highest BCUT2D eigenvalue weighted by Gasteiger charge is 2.14. The van der Waals surface area contributed by atoms with Crippen molar-refractivity contribution in [3.8, 4) is 0 Å². The normalized spacial score (nSPS) is 15.3. The first-order valence-electron chi connectivity index (χ1n) is 5.80. The smallest absolute Gasteiger partial charge is 0.317 e. The van der Waals surface area contributed by atoms with Crippen molar-refractivity contribution in [3.05, 3.63) is 0 Å². The van der Waals surface area contributed by atoms with Gasteiger partial charge in [-0.2, -0.15) is 0 Å². The monoisotopic (exact) mass is 216 g/mol. The summed E-state index contributed by atoms with van der Waals surface area (Å²) in [5.74, 6) is 0. The van der Waals surface area contributed by atoms with Crippen LogP contribution in [0.3, 0.4) is 0 Å². The fourth-order valence-electron chi connectivity index (χ4n) is 1.28. The van der Waals surface area contributed by atoms with E-state index in [0.717, 1.165) is 0 Å². The highest BCUT2D eigenvalue weighted by Crippen LogP contribution is 1.95. The fraction of sp³-hybridized carbons (Fsp3) is 0.909. The minimum absolute atomic E-state index is 0.0108. The van der Waals surface area contributed by atoms with Gasteiger partial charge in [0.15, 0.2) is 0 Å². The molecular weight excluding hydrogens is 192 g/mol. The third-order valence-corrected chi connectivity index (χ3v) is 2.22. The van der Waals surface area contributed by atoms with E-state index in [9.17, 15) is 4.79 Å². The molecule has 0 radical (unpaired) electrons. The second-order valence-corrected chi connectivity index (χ2v) is 3.51.